The number of fused-ring (bicyclic) bond motifs is 2. The molecule has 2 saturated heterocycles. The van der Waals surface area contributed by atoms with Crippen LogP contribution in [0.2, 0.25) is 0 Å². The van der Waals surface area contributed by atoms with Gasteiger partial charge in [-0.1, -0.05) is 36.4 Å². The van der Waals surface area contributed by atoms with Crippen LogP contribution in [0.5, 0.6) is 11.5 Å². The molecule has 36 heavy (non-hydrogen) atoms. The number of rotatable bonds is 8. The number of piperazine rings is 1. The van der Waals surface area contributed by atoms with E-state index in [4.69, 9.17) is 14.3 Å². The highest BCUT2D eigenvalue weighted by atomic mass is 16.5. The molecule has 4 aromatic rings. The Kier molecular flexibility index (Phi) is 6.05. The minimum Gasteiger partial charge on any atom is -0.478 e. The average molecular weight is 481 g/mol. The van der Waals surface area contributed by atoms with Crippen LogP contribution < -0.4 is 4.74 Å². The smallest absolute Gasteiger partial charge is 0.335 e. The van der Waals surface area contributed by atoms with Gasteiger partial charge in [0.25, 0.3) is 0 Å². The van der Waals surface area contributed by atoms with Crippen LogP contribution in [0.3, 0.4) is 0 Å². The van der Waals surface area contributed by atoms with Gasteiger partial charge in [0.2, 0.25) is 0 Å². The molecule has 3 aromatic carbocycles. The zero-order chi connectivity index (χ0) is 24.5. The third-order valence-corrected chi connectivity index (χ3v) is 7.31. The minimum absolute atomic E-state index is 0.340. The first-order valence-electron chi connectivity index (χ1n) is 12.3. The molecule has 2 fully saturated rings. The van der Waals surface area contributed by atoms with Crippen LogP contribution in [0.1, 0.15) is 27.9 Å². The molecule has 1 aromatic heterocycles. The van der Waals surface area contributed by atoms with Gasteiger partial charge in [0.1, 0.15) is 11.5 Å². The van der Waals surface area contributed by atoms with E-state index in [-0.39, 0.29) is 0 Å². The highest BCUT2D eigenvalue weighted by Gasteiger charge is 2.42. The highest BCUT2D eigenvalue weighted by Crippen LogP contribution is 2.33. The van der Waals surface area contributed by atoms with Gasteiger partial charge in [-0.3, -0.25) is 9.80 Å². The Bertz CT molecular complexity index is 1320. The van der Waals surface area contributed by atoms with Crippen molar-refractivity contribution in [3.8, 4) is 22.6 Å². The lowest BCUT2D eigenvalue weighted by atomic mass is 10.1. The van der Waals surface area contributed by atoms with E-state index in [9.17, 15) is 4.79 Å². The van der Waals surface area contributed by atoms with Gasteiger partial charge in [0.05, 0.1) is 18.1 Å². The molecule has 3 heterocycles. The summed E-state index contributed by atoms with van der Waals surface area (Å²) in [6.07, 6.45) is 4.61. The topological polar surface area (TPSA) is 66.2 Å². The highest BCUT2D eigenvalue weighted by molar-refractivity contribution is 5.87. The van der Waals surface area contributed by atoms with E-state index in [0.717, 1.165) is 48.8 Å². The number of hydrogen-bond donors (Lipinski definition) is 1. The zero-order valence-electron chi connectivity index (χ0n) is 19.9. The molecule has 0 unspecified atom stereocenters. The Morgan fingerprint density at radius 1 is 0.778 bits per heavy atom. The molecule has 2 aliphatic heterocycles. The van der Waals surface area contributed by atoms with Crippen molar-refractivity contribution in [2.24, 2.45) is 0 Å². The molecule has 6 heteroatoms. The van der Waals surface area contributed by atoms with Crippen molar-refractivity contribution in [3.63, 3.8) is 0 Å². The maximum atomic E-state index is 11.1. The first kappa shape index (κ1) is 22.6. The van der Waals surface area contributed by atoms with Gasteiger partial charge in [0, 0.05) is 43.8 Å². The number of hydrogen-bond acceptors (Lipinski definition) is 5. The van der Waals surface area contributed by atoms with E-state index in [0.29, 0.717) is 17.6 Å². The summed E-state index contributed by atoms with van der Waals surface area (Å²) in [5.41, 5.74) is 4.96. The van der Waals surface area contributed by atoms with Crippen LogP contribution >= 0.6 is 0 Å². The summed E-state index contributed by atoms with van der Waals surface area (Å²) in [6.45, 7) is 3.95. The standard InChI is InChI=1S/C30H28N2O4/c33-30(34)24-5-1-21(2-6-24)16-31-18-27-15-26(31)19-32(27)17-22-3-9-28(10-4-22)36-29-11-7-23(8-12-29)25-13-14-35-20-25/h1-14,20,26-27H,15-19H2,(H,33,34)/t26-,27-/m0/s1. The number of nitrogens with zero attached hydrogens (tertiary/aromatic N) is 2. The van der Waals surface area contributed by atoms with E-state index in [1.807, 2.05) is 54.6 Å². The zero-order valence-corrected chi connectivity index (χ0v) is 19.9. The quantitative estimate of drug-likeness (QED) is 0.339. The third-order valence-electron chi connectivity index (χ3n) is 7.31. The van der Waals surface area contributed by atoms with Crippen LogP contribution in [0.4, 0.5) is 0 Å². The number of furan rings is 1. The summed E-state index contributed by atoms with van der Waals surface area (Å²) in [4.78, 5) is 16.2. The first-order chi connectivity index (χ1) is 17.6. The van der Waals surface area contributed by atoms with Crippen LogP contribution in [-0.4, -0.2) is 46.0 Å². The maximum absolute atomic E-state index is 11.1. The minimum atomic E-state index is -0.878. The van der Waals surface area contributed by atoms with E-state index in [1.54, 1.807) is 24.7 Å². The van der Waals surface area contributed by atoms with Gasteiger partial charge < -0.3 is 14.3 Å². The molecule has 6 rings (SSSR count). The second-order valence-corrected chi connectivity index (χ2v) is 9.69. The number of likely N-dealkylation sites (tertiary alicyclic amines) is 2. The van der Waals surface area contributed by atoms with E-state index >= 15 is 0 Å². The van der Waals surface area contributed by atoms with Crippen LogP contribution in [-0.2, 0) is 13.1 Å². The molecule has 2 atom stereocenters. The maximum Gasteiger partial charge on any atom is 0.335 e. The lowest BCUT2D eigenvalue weighted by Gasteiger charge is -2.34. The Morgan fingerprint density at radius 2 is 1.33 bits per heavy atom. The SMILES string of the molecule is O=C(O)c1ccc(CN2C[C@@H]3C[C@H]2CN3Cc2ccc(Oc3ccc(-c4ccoc4)cc3)cc2)cc1. The van der Waals surface area contributed by atoms with Gasteiger partial charge in [-0.05, 0) is 65.6 Å². The molecule has 6 nitrogen and oxygen atoms in total. The molecule has 2 bridgehead atoms. The fourth-order valence-corrected chi connectivity index (χ4v) is 5.38. The van der Waals surface area contributed by atoms with Gasteiger partial charge >= 0.3 is 5.97 Å². The lowest BCUT2D eigenvalue weighted by molar-refractivity contribution is 0.0697. The number of benzene rings is 3. The summed E-state index contributed by atoms with van der Waals surface area (Å²) in [6, 6.07) is 26.7. The van der Waals surface area contributed by atoms with Crippen LogP contribution in [0.25, 0.3) is 11.1 Å². The van der Waals surface area contributed by atoms with E-state index in [2.05, 4.69) is 21.9 Å². The molecular weight excluding hydrogens is 452 g/mol. The van der Waals surface area contributed by atoms with Crippen molar-refractivity contribution in [2.45, 2.75) is 31.6 Å². The Morgan fingerprint density at radius 3 is 1.83 bits per heavy atom. The molecule has 0 radical (unpaired) electrons. The second kappa shape index (κ2) is 9.64. The van der Waals surface area contributed by atoms with Crippen molar-refractivity contribution in [1.29, 1.82) is 0 Å². The third kappa shape index (κ3) is 4.78. The summed E-state index contributed by atoms with van der Waals surface area (Å²) in [5.74, 6) is 0.763. The van der Waals surface area contributed by atoms with Gasteiger partial charge in [0.15, 0.2) is 0 Å². The molecular formula is C30H28N2O4. The van der Waals surface area contributed by atoms with Gasteiger partial charge in [-0.25, -0.2) is 4.79 Å². The number of carbonyl (C=O) groups is 1. The normalized spacial score (nSPS) is 19.6. The predicted molar refractivity (Wildman–Crippen MR) is 137 cm³/mol. The van der Waals surface area contributed by atoms with E-state index < -0.39 is 5.97 Å². The number of aromatic carboxylic acids is 1. The largest absolute Gasteiger partial charge is 0.478 e. The number of ether oxygens (including phenoxy) is 1. The fourth-order valence-electron chi connectivity index (χ4n) is 5.38. The summed E-state index contributed by atoms with van der Waals surface area (Å²) >= 11 is 0. The molecule has 0 amide bonds. The molecule has 0 saturated carbocycles. The van der Waals surface area contributed by atoms with Crippen molar-refractivity contribution in [2.75, 3.05) is 13.1 Å². The number of carboxylic acid groups (broad SMARTS) is 1. The average Bonchev–Trinajstić information content (AvgIpc) is 3.65. The Balaban J connectivity index is 1.01. The Labute approximate surface area is 210 Å². The van der Waals surface area contributed by atoms with Crippen LogP contribution in [0, 0.1) is 0 Å². The number of carboxylic acids is 1. The first-order valence-corrected chi connectivity index (χ1v) is 12.3. The van der Waals surface area contributed by atoms with E-state index in [1.165, 1.54) is 17.5 Å². The molecule has 0 aliphatic carbocycles. The second-order valence-electron chi connectivity index (χ2n) is 9.69. The molecule has 2 aliphatic rings. The van der Waals surface area contributed by atoms with Gasteiger partial charge in [-0.2, -0.15) is 0 Å². The molecule has 1 N–H and O–H groups in total. The summed E-state index contributed by atoms with van der Waals surface area (Å²) < 4.78 is 11.2. The van der Waals surface area contributed by atoms with Crippen molar-refractivity contribution in [1.82, 2.24) is 9.80 Å². The predicted octanol–water partition coefficient (Wildman–Crippen LogP) is 5.90. The van der Waals surface area contributed by atoms with Crippen molar-refractivity contribution in [3.05, 3.63) is 108 Å². The molecule has 0 spiro atoms. The van der Waals surface area contributed by atoms with Crippen molar-refractivity contribution >= 4 is 5.97 Å². The summed E-state index contributed by atoms with van der Waals surface area (Å²) in [7, 11) is 0. The molecule has 182 valence electrons. The van der Waals surface area contributed by atoms with Gasteiger partial charge in [-0.15, -0.1) is 0 Å². The lowest BCUT2D eigenvalue weighted by Crippen LogP contribution is -2.45. The summed E-state index contributed by atoms with van der Waals surface area (Å²) in [5, 5.41) is 9.09. The fraction of sp³-hybridized carbons (Fsp3) is 0.233. The van der Waals surface area contributed by atoms with Crippen molar-refractivity contribution < 1.29 is 19.1 Å². The monoisotopic (exact) mass is 480 g/mol. The Hall–Kier alpha value is -3.87. The van der Waals surface area contributed by atoms with Crippen LogP contribution in [0.15, 0.2) is 95.8 Å².